The Morgan fingerprint density at radius 2 is 2.19 bits per heavy atom. The third-order valence-corrected chi connectivity index (χ3v) is 3.57. The van der Waals surface area contributed by atoms with Crippen molar-refractivity contribution < 1.29 is 14.7 Å². The third-order valence-electron chi connectivity index (χ3n) is 2.97. The number of carbonyl (C=O) groups excluding carboxylic acids is 1. The molecule has 7 heteroatoms. The van der Waals surface area contributed by atoms with Crippen LogP contribution in [-0.4, -0.2) is 27.2 Å². The highest BCUT2D eigenvalue weighted by Gasteiger charge is 2.65. The smallest absolute Gasteiger partial charge is 0.307 e. The minimum atomic E-state index is -0.928. The highest BCUT2D eigenvalue weighted by molar-refractivity contribution is 7.13. The standard InChI is InChI=1S/C9H11N3O3S/c1-9(2)4(5(9)7(14)15)6(13)11-8-12-10-3-16-8/h3-5H,1-2H3,(H,14,15)(H,11,12,13)/t4-,5-/m1/s1. The lowest BCUT2D eigenvalue weighted by atomic mass is 10.1. The molecule has 0 aromatic carbocycles. The third kappa shape index (κ3) is 1.67. The van der Waals surface area contributed by atoms with Crippen molar-refractivity contribution in [3.63, 3.8) is 0 Å². The fourth-order valence-corrected chi connectivity index (χ4v) is 2.45. The van der Waals surface area contributed by atoms with E-state index in [0.29, 0.717) is 5.13 Å². The summed E-state index contributed by atoms with van der Waals surface area (Å²) in [5.74, 6) is -2.33. The summed E-state index contributed by atoms with van der Waals surface area (Å²) in [5.41, 5.74) is 1.02. The van der Waals surface area contributed by atoms with Crippen LogP contribution in [0.3, 0.4) is 0 Å². The number of amides is 1. The summed E-state index contributed by atoms with van der Waals surface area (Å²) < 4.78 is 0. The van der Waals surface area contributed by atoms with Crippen LogP contribution < -0.4 is 5.32 Å². The molecule has 1 aliphatic rings. The van der Waals surface area contributed by atoms with Gasteiger partial charge in [-0.15, -0.1) is 10.2 Å². The van der Waals surface area contributed by atoms with E-state index >= 15 is 0 Å². The zero-order chi connectivity index (χ0) is 11.9. The maximum absolute atomic E-state index is 11.8. The predicted octanol–water partition coefficient (Wildman–Crippen LogP) is 0.833. The summed E-state index contributed by atoms with van der Waals surface area (Å²) in [6.07, 6.45) is 0. The van der Waals surface area contributed by atoms with Gasteiger partial charge in [-0.25, -0.2) is 0 Å². The van der Waals surface area contributed by atoms with Gasteiger partial charge in [0.15, 0.2) is 0 Å². The van der Waals surface area contributed by atoms with Crippen LogP contribution in [0.15, 0.2) is 5.51 Å². The van der Waals surface area contributed by atoms with Gasteiger partial charge in [-0.2, -0.15) is 0 Å². The molecule has 6 nitrogen and oxygen atoms in total. The molecule has 0 bridgehead atoms. The van der Waals surface area contributed by atoms with Crippen molar-refractivity contribution in [1.82, 2.24) is 10.2 Å². The molecule has 0 unspecified atom stereocenters. The molecule has 1 saturated carbocycles. The normalized spacial score (nSPS) is 26.1. The first-order chi connectivity index (χ1) is 7.44. The Kier molecular flexibility index (Phi) is 2.42. The van der Waals surface area contributed by atoms with Crippen LogP contribution in [0.1, 0.15) is 13.8 Å². The lowest BCUT2D eigenvalue weighted by Crippen LogP contribution is -2.17. The minimum Gasteiger partial charge on any atom is -0.481 e. The molecule has 1 aromatic heterocycles. The summed E-state index contributed by atoms with van der Waals surface area (Å²) in [6, 6.07) is 0. The molecule has 1 aliphatic carbocycles. The lowest BCUT2D eigenvalue weighted by Gasteiger charge is -2.01. The fourth-order valence-electron chi connectivity index (χ4n) is 2.00. The molecule has 0 spiro atoms. The first kappa shape index (κ1) is 11.0. The number of anilines is 1. The number of carboxylic acid groups (broad SMARTS) is 1. The number of aromatic nitrogens is 2. The summed E-state index contributed by atoms with van der Waals surface area (Å²) in [6.45, 7) is 3.55. The maximum Gasteiger partial charge on any atom is 0.307 e. The van der Waals surface area contributed by atoms with Gasteiger partial charge in [0.05, 0.1) is 11.8 Å². The van der Waals surface area contributed by atoms with E-state index in [-0.39, 0.29) is 5.91 Å². The van der Waals surface area contributed by atoms with E-state index in [0.717, 1.165) is 0 Å². The first-order valence-corrected chi connectivity index (χ1v) is 5.62. The highest BCUT2D eigenvalue weighted by Crippen LogP contribution is 2.58. The van der Waals surface area contributed by atoms with E-state index in [2.05, 4.69) is 15.5 Å². The number of nitrogens with one attached hydrogen (secondary N) is 1. The van der Waals surface area contributed by atoms with Crippen molar-refractivity contribution in [3.8, 4) is 0 Å². The minimum absolute atomic E-state index is 0.297. The Hall–Kier alpha value is -1.50. The number of hydrogen-bond donors (Lipinski definition) is 2. The maximum atomic E-state index is 11.8. The molecule has 1 amide bonds. The second-order valence-electron chi connectivity index (χ2n) is 4.35. The van der Waals surface area contributed by atoms with E-state index in [9.17, 15) is 9.59 Å². The van der Waals surface area contributed by atoms with Crippen LogP contribution >= 0.6 is 11.3 Å². The van der Waals surface area contributed by atoms with Crippen LogP contribution in [-0.2, 0) is 9.59 Å². The van der Waals surface area contributed by atoms with Crippen LogP contribution in [0.5, 0.6) is 0 Å². The van der Waals surface area contributed by atoms with Crippen molar-refractivity contribution in [2.24, 2.45) is 17.3 Å². The zero-order valence-electron chi connectivity index (χ0n) is 8.80. The monoisotopic (exact) mass is 241 g/mol. The molecule has 1 fully saturated rings. The van der Waals surface area contributed by atoms with Crippen molar-refractivity contribution in [2.75, 3.05) is 5.32 Å². The lowest BCUT2D eigenvalue weighted by molar-refractivity contribution is -0.140. The number of rotatable bonds is 3. The van der Waals surface area contributed by atoms with E-state index in [4.69, 9.17) is 5.11 Å². The average Bonchev–Trinajstić information content (AvgIpc) is 2.58. The van der Waals surface area contributed by atoms with Gasteiger partial charge in [0.25, 0.3) is 0 Å². The molecular weight excluding hydrogens is 230 g/mol. The van der Waals surface area contributed by atoms with Crippen LogP contribution in [0.4, 0.5) is 5.13 Å². The summed E-state index contributed by atoms with van der Waals surface area (Å²) >= 11 is 1.20. The van der Waals surface area contributed by atoms with Gasteiger partial charge < -0.3 is 10.4 Å². The Labute approximate surface area is 95.7 Å². The van der Waals surface area contributed by atoms with Crippen molar-refractivity contribution in [3.05, 3.63) is 5.51 Å². The number of carbonyl (C=O) groups is 2. The summed E-state index contributed by atoms with van der Waals surface area (Å²) in [4.78, 5) is 22.7. The summed E-state index contributed by atoms with van der Waals surface area (Å²) in [5, 5.41) is 19.2. The SMILES string of the molecule is CC1(C)[C@@H](C(=O)O)[C@@H]1C(=O)Nc1nncs1. The van der Waals surface area contributed by atoms with Crippen molar-refractivity contribution in [1.29, 1.82) is 0 Å². The number of hydrogen-bond acceptors (Lipinski definition) is 5. The second kappa shape index (κ2) is 3.51. The summed E-state index contributed by atoms with van der Waals surface area (Å²) in [7, 11) is 0. The molecule has 1 heterocycles. The quantitative estimate of drug-likeness (QED) is 0.817. The number of aliphatic carboxylic acids is 1. The Morgan fingerprint density at radius 3 is 2.62 bits per heavy atom. The molecule has 16 heavy (non-hydrogen) atoms. The van der Waals surface area contributed by atoms with Crippen molar-refractivity contribution >= 4 is 28.3 Å². The first-order valence-electron chi connectivity index (χ1n) is 4.74. The molecule has 2 atom stereocenters. The van der Waals surface area contributed by atoms with Crippen LogP contribution in [0.2, 0.25) is 0 Å². The van der Waals surface area contributed by atoms with Crippen LogP contribution in [0, 0.1) is 17.3 Å². The largest absolute Gasteiger partial charge is 0.481 e. The number of nitrogens with zero attached hydrogens (tertiary/aromatic N) is 2. The topological polar surface area (TPSA) is 92.2 Å². The van der Waals surface area contributed by atoms with Crippen molar-refractivity contribution in [2.45, 2.75) is 13.8 Å². The average molecular weight is 241 g/mol. The van der Waals surface area contributed by atoms with Crippen LogP contribution in [0.25, 0.3) is 0 Å². The van der Waals surface area contributed by atoms with E-state index in [1.165, 1.54) is 16.8 Å². The molecular formula is C9H11N3O3S. The second-order valence-corrected chi connectivity index (χ2v) is 5.18. The Balaban J connectivity index is 2.05. The fraction of sp³-hybridized carbons (Fsp3) is 0.556. The molecule has 0 saturated heterocycles. The van der Waals surface area contributed by atoms with Gasteiger partial charge in [-0.1, -0.05) is 25.2 Å². The van der Waals surface area contributed by atoms with Gasteiger partial charge in [0.1, 0.15) is 5.51 Å². The molecule has 0 aliphatic heterocycles. The zero-order valence-corrected chi connectivity index (χ0v) is 9.61. The number of carboxylic acids is 1. The van der Waals surface area contributed by atoms with Gasteiger partial charge >= 0.3 is 5.97 Å². The molecule has 86 valence electrons. The molecule has 2 N–H and O–H groups in total. The predicted molar refractivity (Wildman–Crippen MR) is 56.9 cm³/mol. The molecule has 0 radical (unpaired) electrons. The van der Waals surface area contributed by atoms with Gasteiger partial charge in [0.2, 0.25) is 11.0 Å². The van der Waals surface area contributed by atoms with E-state index in [1.807, 2.05) is 0 Å². The van der Waals surface area contributed by atoms with Gasteiger partial charge in [0, 0.05) is 0 Å². The Morgan fingerprint density at radius 1 is 1.50 bits per heavy atom. The van der Waals surface area contributed by atoms with Gasteiger partial charge in [-0.05, 0) is 5.41 Å². The van der Waals surface area contributed by atoms with E-state index < -0.39 is 23.2 Å². The highest BCUT2D eigenvalue weighted by atomic mass is 32.1. The Bertz CT molecular complexity index is 429. The molecule has 2 rings (SSSR count). The molecule has 1 aromatic rings. The van der Waals surface area contributed by atoms with E-state index in [1.54, 1.807) is 13.8 Å². The van der Waals surface area contributed by atoms with Gasteiger partial charge in [-0.3, -0.25) is 9.59 Å².